The lowest BCUT2D eigenvalue weighted by Crippen LogP contribution is -2.21. The predicted octanol–water partition coefficient (Wildman–Crippen LogP) is 3.70. The largest absolute Gasteiger partial charge is 0.372 e. The van der Waals surface area contributed by atoms with Crippen LogP contribution in [0.2, 0.25) is 0 Å². The highest BCUT2D eigenvalue weighted by Gasteiger charge is 2.14. The summed E-state index contributed by atoms with van der Waals surface area (Å²) in [5.41, 5.74) is 0. The van der Waals surface area contributed by atoms with E-state index in [1.807, 2.05) is 0 Å². The molecule has 0 radical (unpaired) electrons. The molecule has 0 N–H and O–H groups in total. The van der Waals surface area contributed by atoms with Gasteiger partial charge in [0.1, 0.15) is 0 Å². The van der Waals surface area contributed by atoms with E-state index in [1.165, 1.54) is 12.8 Å². The Morgan fingerprint density at radius 1 is 0.812 bits per heavy atom. The normalized spacial score (nSPS) is 29.1. The SMILES string of the molecule is CC(C)O[C@@H]1/C=C\[C@@H](OC(C)C)CCCC1. The molecule has 0 fully saturated rings. The third kappa shape index (κ3) is 5.66. The van der Waals surface area contributed by atoms with Crippen molar-refractivity contribution in [2.75, 3.05) is 0 Å². The van der Waals surface area contributed by atoms with Crippen LogP contribution in [0.25, 0.3) is 0 Å². The van der Waals surface area contributed by atoms with Crippen LogP contribution in [0.3, 0.4) is 0 Å². The van der Waals surface area contributed by atoms with E-state index in [0.29, 0.717) is 12.2 Å². The third-order valence-corrected chi connectivity index (χ3v) is 2.66. The molecular formula is C14H26O2. The van der Waals surface area contributed by atoms with Crippen molar-refractivity contribution in [3.63, 3.8) is 0 Å². The second-order valence-electron chi connectivity index (χ2n) is 5.12. The van der Waals surface area contributed by atoms with E-state index in [4.69, 9.17) is 9.47 Å². The van der Waals surface area contributed by atoms with E-state index in [-0.39, 0.29) is 12.2 Å². The van der Waals surface area contributed by atoms with Gasteiger partial charge in [-0.15, -0.1) is 0 Å². The maximum absolute atomic E-state index is 5.84. The van der Waals surface area contributed by atoms with Crippen molar-refractivity contribution in [3.05, 3.63) is 12.2 Å². The van der Waals surface area contributed by atoms with Crippen LogP contribution in [0.5, 0.6) is 0 Å². The fourth-order valence-corrected chi connectivity index (χ4v) is 2.06. The molecule has 2 heteroatoms. The molecule has 1 aliphatic carbocycles. The third-order valence-electron chi connectivity index (χ3n) is 2.66. The Bertz CT molecular complexity index is 187. The van der Waals surface area contributed by atoms with Crippen LogP contribution in [-0.2, 0) is 9.47 Å². The summed E-state index contributed by atoms with van der Waals surface area (Å²) in [7, 11) is 0. The van der Waals surface area contributed by atoms with Crippen molar-refractivity contribution in [1.82, 2.24) is 0 Å². The maximum atomic E-state index is 5.84. The molecule has 1 aliphatic rings. The number of ether oxygens (including phenoxy) is 2. The molecule has 0 aromatic carbocycles. The molecule has 0 saturated carbocycles. The first-order valence-corrected chi connectivity index (χ1v) is 6.57. The van der Waals surface area contributed by atoms with Gasteiger partial charge >= 0.3 is 0 Å². The first-order chi connectivity index (χ1) is 7.58. The van der Waals surface area contributed by atoms with Gasteiger partial charge in [-0.2, -0.15) is 0 Å². The molecule has 0 heterocycles. The van der Waals surface area contributed by atoms with E-state index in [9.17, 15) is 0 Å². The van der Waals surface area contributed by atoms with Crippen LogP contribution in [0.15, 0.2) is 12.2 Å². The van der Waals surface area contributed by atoms with E-state index in [0.717, 1.165) is 12.8 Å². The zero-order valence-corrected chi connectivity index (χ0v) is 11.1. The lowest BCUT2D eigenvalue weighted by Gasteiger charge is -2.23. The smallest absolute Gasteiger partial charge is 0.0760 e. The molecular weight excluding hydrogens is 200 g/mol. The summed E-state index contributed by atoms with van der Waals surface area (Å²) >= 11 is 0. The molecule has 94 valence electrons. The Morgan fingerprint density at radius 2 is 1.19 bits per heavy atom. The fraction of sp³-hybridized carbons (Fsp3) is 0.857. The van der Waals surface area contributed by atoms with Gasteiger partial charge in [-0.1, -0.05) is 25.0 Å². The summed E-state index contributed by atoms with van der Waals surface area (Å²) in [5, 5.41) is 0. The summed E-state index contributed by atoms with van der Waals surface area (Å²) in [4.78, 5) is 0. The second kappa shape index (κ2) is 7.08. The molecule has 0 spiro atoms. The highest BCUT2D eigenvalue weighted by atomic mass is 16.5. The van der Waals surface area contributed by atoms with E-state index < -0.39 is 0 Å². The summed E-state index contributed by atoms with van der Waals surface area (Å²) in [6.07, 6.45) is 10.3. The van der Waals surface area contributed by atoms with Gasteiger partial charge in [0.05, 0.1) is 24.4 Å². The van der Waals surface area contributed by atoms with E-state index >= 15 is 0 Å². The molecule has 0 amide bonds. The first kappa shape index (κ1) is 13.7. The molecule has 0 unspecified atom stereocenters. The van der Waals surface area contributed by atoms with Crippen molar-refractivity contribution in [1.29, 1.82) is 0 Å². The van der Waals surface area contributed by atoms with Gasteiger partial charge in [-0.3, -0.25) is 0 Å². The van der Waals surface area contributed by atoms with E-state index in [2.05, 4.69) is 39.8 Å². The standard InChI is InChI=1S/C14H26O2/c1-11(2)15-13-7-5-6-8-14(10-9-13)16-12(3)4/h9-14H,5-8H2,1-4H3/b10-9-/t13-,14-/m0/s1. The summed E-state index contributed by atoms with van der Waals surface area (Å²) in [6, 6.07) is 0. The molecule has 16 heavy (non-hydrogen) atoms. The van der Waals surface area contributed by atoms with Crippen LogP contribution < -0.4 is 0 Å². The van der Waals surface area contributed by atoms with Gasteiger partial charge in [0.15, 0.2) is 0 Å². The van der Waals surface area contributed by atoms with Crippen molar-refractivity contribution in [2.45, 2.75) is 77.8 Å². The number of hydrogen-bond acceptors (Lipinski definition) is 2. The van der Waals surface area contributed by atoms with Crippen LogP contribution in [0.1, 0.15) is 53.4 Å². The average Bonchev–Trinajstić information content (AvgIpc) is 2.14. The van der Waals surface area contributed by atoms with Gasteiger partial charge in [0, 0.05) is 0 Å². The van der Waals surface area contributed by atoms with Crippen LogP contribution in [0.4, 0.5) is 0 Å². The molecule has 2 nitrogen and oxygen atoms in total. The average molecular weight is 226 g/mol. The molecule has 0 aromatic heterocycles. The van der Waals surface area contributed by atoms with Crippen LogP contribution in [0, 0.1) is 0 Å². The molecule has 0 saturated heterocycles. The molecule has 0 aromatic rings. The quantitative estimate of drug-likeness (QED) is 0.680. The summed E-state index contributed by atoms with van der Waals surface area (Å²) < 4.78 is 11.7. The first-order valence-electron chi connectivity index (χ1n) is 6.57. The minimum Gasteiger partial charge on any atom is -0.372 e. The van der Waals surface area contributed by atoms with Crippen LogP contribution in [-0.4, -0.2) is 24.4 Å². The highest BCUT2D eigenvalue weighted by Crippen LogP contribution is 2.18. The number of hydrogen-bond donors (Lipinski definition) is 0. The van der Waals surface area contributed by atoms with Crippen LogP contribution >= 0.6 is 0 Å². The highest BCUT2D eigenvalue weighted by molar-refractivity contribution is 4.97. The molecule has 1 rings (SSSR count). The topological polar surface area (TPSA) is 18.5 Å². The Labute approximate surface area is 100 Å². The van der Waals surface area contributed by atoms with Gasteiger partial charge in [-0.05, 0) is 40.5 Å². The van der Waals surface area contributed by atoms with Crippen molar-refractivity contribution >= 4 is 0 Å². The van der Waals surface area contributed by atoms with Crippen molar-refractivity contribution in [3.8, 4) is 0 Å². The Hall–Kier alpha value is -0.340. The minimum atomic E-state index is 0.276. The minimum absolute atomic E-state index is 0.276. The van der Waals surface area contributed by atoms with Crippen molar-refractivity contribution < 1.29 is 9.47 Å². The Morgan fingerprint density at radius 3 is 1.50 bits per heavy atom. The van der Waals surface area contributed by atoms with Gasteiger partial charge in [-0.25, -0.2) is 0 Å². The molecule has 0 aliphatic heterocycles. The van der Waals surface area contributed by atoms with Gasteiger partial charge in [0.2, 0.25) is 0 Å². The van der Waals surface area contributed by atoms with E-state index in [1.54, 1.807) is 0 Å². The zero-order chi connectivity index (χ0) is 12.0. The Kier molecular flexibility index (Phi) is 6.07. The fourth-order valence-electron chi connectivity index (χ4n) is 2.06. The van der Waals surface area contributed by atoms with Gasteiger partial charge < -0.3 is 9.47 Å². The molecule has 0 bridgehead atoms. The predicted molar refractivity (Wildman–Crippen MR) is 67.6 cm³/mol. The number of rotatable bonds is 4. The summed E-state index contributed by atoms with van der Waals surface area (Å²) in [5.74, 6) is 0. The Balaban J connectivity index is 2.48. The lowest BCUT2D eigenvalue weighted by atomic mass is 10.0. The maximum Gasteiger partial charge on any atom is 0.0760 e. The molecule has 2 atom stereocenters. The van der Waals surface area contributed by atoms with Gasteiger partial charge in [0.25, 0.3) is 0 Å². The van der Waals surface area contributed by atoms with Crippen molar-refractivity contribution in [2.24, 2.45) is 0 Å². The zero-order valence-electron chi connectivity index (χ0n) is 11.1. The second-order valence-corrected chi connectivity index (χ2v) is 5.12. The summed E-state index contributed by atoms with van der Waals surface area (Å²) in [6.45, 7) is 8.37. The monoisotopic (exact) mass is 226 g/mol. The lowest BCUT2D eigenvalue weighted by molar-refractivity contribution is 0.0124.